The Morgan fingerprint density at radius 1 is 0.857 bits per heavy atom. The molecule has 2 aromatic rings. The molecular formula is C18H22FNO. The highest BCUT2D eigenvalue weighted by Gasteiger charge is 1.97. The molecule has 2 rings (SSSR count). The standard InChI is InChI=1S/C18H22FNO/c1-2-3-4-5-14-21-18-12-10-17(11-13-18)20-16-8-6-15(19)7-9-16/h6-13,20H,2-5,14H2,1H3. The predicted molar refractivity (Wildman–Crippen MR) is 85.8 cm³/mol. The lowest BCUT2D eigenvalue weighted by atomic mass is 10.2. The Kier molecular flexibility index (Phi) is 6.07. The predicted octanol–water partition coefficient (Wildman–Crippen LogP) is 5.53. The van der Waals surface area contributed by atoms with E-state index in [1.165, 1.54) is 31.4 Å². The molecule has 0 amide bonds. The van der Waals surface area contributed by atoms with Gasteiger partial charge in [0.25, 0.3) is 0 Å². The van der Waals surface area contributed by atoms with Gasteiger partial charge in [-0.25, -0.2) is 4.39 Å². The Bertz CT molecular complexity index is 522. The van der Waals surface area contributed by atoms with Crippen LogP contribution in [0.3, 0.4) is 0 Å². The van der Waals surface area contributed by atoms with Crippen LogP contribution < -0.4 is 10.1 Å². The average molecular weight is 287 g/mol. The van der Waals surface area contributed by atoms with Crippen molar-refractivity contribution in [3.05, 3.63) is 54.3 Å². The van der Waals surface area contributed by atoms with E-state index in [2.05, 4.69) is 12.2 Å². The summed E-state index contributed by atoms with van der Waals surface area (Å²) in [5.74, 6) is 0.656. The van der Waals surface area contributed by atoms with Crippen molar-refractivity contribution in [2.75, 3.05) is 11.9 Å². The Hall–Kier alpha value is -2.03. The van der Waals surface area contributed by atoms with Gasteiger partial charge in [0.2, 0.25) is 0 Å². The van der Waals surface area contributed by atoms with Crippen LogP contribution in [-0.4, -0.2) is 6.61 Å². The number of rotatable bonds is 8. The van der Waals surface area contributed by atoms with Gasteiger partial charge >= 0.3 is 0 Å². The Balaban J connectivity index is 1.80. The van der Waals surface area contributed by atoms with Crippen LogP contribution in [0.5, 0.6) is 5.75 Å². The van der Waals surface area contributed by atoms with Crippen molar-refractivity contribution in [1.82, 2.24) is 0 Å². The molecule has 0 unspecified atom stereocenters. The van der Waals surface area contributed by atoms with Crippen LogP contribution in [0.25, 0.3) is 0 Å². The summed E-state index contributed by atoms with van der Waals surface area (Å²) in [6.07, 6.45) is 4.83. The van der Waals surface area contributed by atoms with Crippen LogP contribution in [0.4, 0.5) is 15.8 Å². The van der Waals surface area contributed by atoms with E-state index in [1.807, 2.05) is 24.3 Å². The molecule has 0 aliphatic rings. The van der Waals surface area contributed by atoms with Gasteiger partial charge in [-0.3, -0.25) is 0 Å². The monoisotopic (exact) mass is 287 g/mol. The second kappa shape index (κ2) is 8.30. The summed E-state index contributed by atoms with van der Waals surface area (Å²) in [7, 11) is 0. The summed E-state index contributed by atoms with van der Waals surface area (Å²) >= 11 is 0. The zero-order valence-electron chi connectivity index (χ0n) is 12.4. The van der Waals surface area contributed by atoms with Crippen molar-refractivity contribution in [1.29, 1.82) is 0 Å². The number of anilines is 2. The van der Waals surface area contributed by atoms with Crippen LogP contribution >= 0.6 is 0 Å². The van der Waals surface area contributed by atoms with Gasteiger partial charge in [-0.05, 0) is 55.0 Å². The molecule has 2 aromatic carbocycles. The highest BCUT2D eigenvalue weighted by atomic mass is 19.1. The zero-order valence-corrected chi connectivity index (χ0v) is 12.4. The number of hydrogen-bond acceptors (Lipinski definition) is 2. The van der Waals surface area contributed by atoms with E-state index in [0.717, 1.165) is 30.2 Å². The maximum absolute atomic E-state index is 12.8. The third-order valence-electron chi connectivity index (χ3n) is 3.25. The maximum Gasteiger partial charge on any atom is 0.123 e. The first-order chi connectivity index (χ1) is 10.3. The average Bonchev–Trinajstić information content (AvgIpc) is 2.51. The van der Waals surface area contributed by atoms with Crippen LogP contribution in [0.15, 0.2) is 48.5 Å². The van der Waals surface area contributed by atoms with Gasteiger partial charge in [-0.1, -0.05) is 26.2 Å². The Morgan fingerprint density at radius 2 is 1.48 bits per heavy atom. The summed E-state index contributed by atoms with van der Waals surface area (Å²) in [4.78, 5) is 0. The molecule has 0 bridgehead atoms. The van der Waals surface area contributed by atoms with E-state index in [-0.39, 0.29) is 5.82 Å². The highest BCUT2D eigenvalue weighted by Crippen LogP contribution is 2.20. The Morgan fingerprint density at radius 3 is 2.10 bits per heavy atom. The number of halogens is 1. The number of benzene rings is 2. The van der Waals surface area contributed by atoms with Crippen molar-refractivity contribution < 1.29 is 9.13 Å². The molecule has 1 N–H and O–H groups in total. The summed E-state index contributed by atoms with van der Waals surface area (Å²) in [5.41, 5.74) is 1.82. The highest BCUT2D eigenvalue weighted by molar-refractivity contribution is 5.60. The third-order valence-corrected chi connectivity index (χ3v) is 3.25. The third kappa shape index (κ3) is 5.46. The molecule has 0 saturated carbocycles. The molecule has 21 heavy (non-hydrogen) atoms. The van der Waals surface area contributed by atoms with E-state index in [9.17, 15) is 4.39 Å². The first-order valence-electron chi connectivity index (χ1n) is 7.53. The van der Waals surface area contributed by atoms with Crippen molar-refractivity contribution in [2.45, 2.75) is 32.6 Å². The van der Waals surface area contributed by atoms with Gasteiger partial charge < -0.3 is 10.1 Å². The number of unbranched alkanes of at least 4 members (excludes halogenated alkanes) is 3. The van der Waals surface area contributed by atoms with E-state index >= 15 is 0 Å². The molecule has 3 heteroatoms. The summed E-state index contributed by atoms with van der Waals surface area (Å²) in [6, 6.07) is 14.1. The molecule has 0 spiro atoms. The molecule has 0 heterocycles. The van der Waals surface area contributed by atoms with Gasteiger partial charge in [-0.2, -0.15) is 0 Å². The van der Waals surface area contributed by atoms with Crippen molar-refractivity contribution >= 4 is 11.4 Å². The van der Waals surface area contributed by atoms with Gasteiger partial charge in [0.05, 0.1) is 6.61 Å². The number of hydrogen-bond donors (Lipinski definition) is 1. The second-order valence-electron chi connectivity index (χ2n) is 5.07. The fourth-order valence-electron chi connectivity index (χ4n) is 2.05. The van der Waals surface area contributed by atoms with E-state index in [4.69, 9.17) is 4.74 Å². The molecule has 0 atom stereocenters. The number of ether oxygens (including phenoxy) is 1. The second-order valence-corrected chi connectivity index (χ2v) is 5.07. The van der Waals surface area contributed by atoms with E-state index in [0.29, 0.717) is 0 Å². The summed E-state index contributed by atoms with van der Waals surface area (Å²) < 4.78 is 18.5. The lowest BCUT2D eigenvalue weighted by Gasteiger charge is -2.09. The van der Waals surface area contributed by atoms with Crippen LogP contribution in [-0.2, 0) is 0 Å². The largest absolute Gasteiger partial charge is 0.494 e. The Labute approximate surface area is 126 Å². The van der Waals surface area contributed by atoms with Gasteiger partial charge in [-0.15, -0.1) is 0 Å². The van der Waals surface area contributed by atoms with E-state index < -0.39 is 0 Å². The molecule has 0 aliphatic heterocycles. The van der Waals surface area contributed by atoms with Crippen LogP contribution in [0.1, 0.15) is 32.6 Å². The van der Waals surface area contributed by atoms with E-state index in [1.54, 1.807) is 12.1 Å². The van der Waals surface area contributed by atoms with Crippen molar-refractivity contribution in [3.8, 4) is 5.75 Å². The lowest BCUT2D eigenvalue weighted by Crippen LogP contribution is -1.97. The first kappa shape index (κ1) is 15.4. The quantitative estimate of drug-likeness (QED) is 0.645. The van der Waals surface area contributed by atoms with Crippen molar-refractivity contribution in [3.63, 3.8) is 0 Å². The molecule has 0 radical (unpaired) electrons. The fourth-order valence-corrected chi connectivity index (χ4v) is 2.05. The van der Waals surface area contributed by atoms with Crippen LogP contribution in [0.2, 0.25) is 0 Å². The maximum atomic E-state index is 12.8. The fraction of sp³-hybridized carbons (Fsp3) is 0.333. The molecule has 0 fully saturated rings. The SMILES string of the molecule is CCCCCCOc1ccc(Nc2ccc(F)cc2)cc1. The van der Waals surface area contributed by atoms with Crippen LogP contribution in [0, 0.1) is 5.82 Å². The minimum absolute atomic E-state index is 0.229. The molecule has 112 valence electrons. The minimum atomic E-state index is -0.229. The molecular weight excluding hydrogens is 265 g/mol. The molecule has 0 saturated heterocycles. The lowest BCUT2D eigenvalue weighted by molar-refractivity contribution is 0.305. The first-order valence-corrected chi connectivity index (χ1v) is 7.53. The topological polar surface area (TPSA) is 21.3 Å². The smallest absolute Gasteiger partial charge is 0.123 e. The zero-order chi connectivity index (χ0) is 14.9. The summed E-state index contributed by atoms with van der Waals surface area (Å²) in [6.45, 7) is 2.97. The summed E-state index contributed by atoms with van der Waals surface area (Å²) in [5, 5.41) is 3.22. The minimum Gasteiger partial charge on any atom is -0.494 e. The molecule has 0 aromatic heterocycles. The molecule has 2 nitrogen and oxygen atoms in total. The number of nitrogens with one attached hydrogen (secondary N) is 1. The van der Waals surface area contributed by atoms with Gasteiger partial charge in [0.1, 0.15) is 11.6 Å². The van der Waals surface area contributed by atoms with Gasteiger partial charge in [0.15, 0.2) is 0 Å². The normalized spacial score (nSPS) is 10.4. The molecule has 0 aliphatic carbocycles. The van der Waals surface area contributed by atoms with Crippen molar-refractivity contribution in [2.24, 2.45) is 0 Å². The van der Waals surface area contributed by atoms with Gasteiger partial charge in [0, 0.05) is 11.4 Å².